The van der Waals surface area contributed by atoms with Crippen molar-refractivity contribution in [1.29, 1.82) is 0 Å². The normalized spacial score (nSPS) is 16.3. The van der Waals surface area contributed by atoms with Crippen molar-refractivity contribution >= 4 is 5.91 Å². The number of para-hydroxylation sites is 1. The standard InChI is InChI=1S/C17H17NO2/c19-17(18-11-10-13-6-2-1-3-7-13)16-12-14-8-4-5-9-15(14)20-16/h1-9,16H,10-12H2,(H,18,19)/t16-/m0/s1. The van der Waals surface area contributed by atoms with Crippen molar-refractivity contribution in [3.63, 3.8) is 0 Å². The van der Waals surface area contributed by atoms with Crippen LogP contribution in [0.4, 0.5) is 0 Å². The van der Waals surface area contributed by atoms with Crippen LogP contribution in [-0.4, -0.2) is 18.6 Å². The predicted molar refractivity (Wildman–Crippen MR) is 77.7 cm³/mol. The molecule has 0 aromatic heterocycles. The second kappa shape index (κ2) is 5.78. The van der Waals surface area contributed by atoms with E-state index in [-0.39, 0.29) is 12.0 Å². The molecule has 20 heavy (non-hydrogen) atoms. The largest absolute Gasteiger partial charge is 0.480 e. The topological polar surface area (TPSA) is 38.3 Å². The van der Waals surface area contributed by atoms with Gasteiger partial charge >= 0.3 is 0 Å². The Kier molecular flexibility index (Phi) is 3.68. The van der Waals surface area contributed by atoms with E-state index in [1.807, 2.05) is 42.5 Å². The van der Waals surface area contributed by atoms with Crippen LogP contribution in [0.1, 0.15) is 11.1 Å². The van der Waals surface area contributed by atoms with Gasteiger partial charge < -0.3 is 10.1 Å². The molecule has 1 heterocycles. The molecule has 0 bridgehead atoms. The summed E-state index contributed by atoms with van der Waals surface area (Å²) in [6, 6.07) is 17.9. The summed E-state index contributed by atoms with van der Waals surface area (Å²) in [5.41, 5.74) is 2.33. The monoisotopic (exact) mass is 267 g/mol. The highest BCUT2D eigenvalue weighted by molar-refractivity contribution is 5.82. The first-order chi connectivity index (χ1) is 9.83. The van der Waals surface area contributed by atoms with E-state index in [9.17, 15) is 4.79 Å². The number of rotatable bonds is 4. The van der Waals surface area contributed by atoms with Crippen LogP contribution in [0.3, 0.4) is 0 Å². The van der Waals surface area contributed by atoms with Crippen LogP contribution in [0.2, 0.25) is 0 Å². The van der Waals surface area contributed by atoms with Crippen LogP contribution >= 0.6 is 0 Å². The van der Waals surface area contributed by atoms with Gasteiger partial charge in [0.1, 0.15) is 5.75 Å². The van der Waals surface area contributed by atoms with Gasteiger partial charge in [0.05, 0.1) is 0 Å². The minimum absolute atomic E-state index is 0.0304. The number of hydrogen-bond donors (Lipinski definition) is 1. The molecule has 0 fully saturated rings. The van der Waals surface area contributed by atoms with E-state index in [0.29, 0.717) is 13.0 Å². The van der Waals surface area contributed by atoms with Gasteiger partial charge in [0.25, 0.3) is 5.91 Å². The smallest absolute Gasteiger partial charge is 0.261 e. The molecule has 102 valence electrons. The molecule has 3 heteroatoms. The van der Waals surface area contributed by atoms with Gasteiger partial charge in [0.2, 0.25) is 0 Å². The van der Waals surface area contributed by atoms with E-state index < -0.39 is 0 Å². The van der Waals surface area contributed by atoms with Crippen LogP contribution in [0.15, 0.2) is 54.6 Å². The number of benzene rings is 2. The minimum atomic E-state index is -0.386. The summed E-state index contributed by atoms with van der Waals surface area (Å²) in [5.74, 6) is 0.799. The zero-order valence-corrected chi connectivity index (χ0v) is 11.2. The quantitative estimate of drug-likeness (QED) is 0.923. The molecule has 0 spiro atoms. The molecule has 0 saturated heterocycles. The van der Waals surface area contributed by atoms with E-state index in [1.165, 1.54) is 5.56 Å². The highest BCUT2D eigenvalue weighted by Crippen LogP contribution is 2.27. The van der Waals surface area contributed by atoms with Crippen molar-refractivity contribution in [1.82, 2.24) is 5.32 Å². The lowest BCUT2D eigenvalue weighted by molar-refractivity contribution is -0.127. The van der Waals surface area contributed by atoms with Gasteiger partial charge in [-0.15, -0.1) is 0 Å². The Bertz CT molecular complexity index is 570. The van der Waals surface area contributed by atoms with Gasteiger partial charge in [-0.25, -0.2) is 0 Å². The molecular formula is C17H17NO2. The summed E-state index contributed by atoms with van der Waals surface area (Å²) in [6.45, 7) is 0.638. The van der Waals surface area contributed by atoms with Crippen LogP contribution in [0, 0.1) is 0 Å². The van der Waals surface area contributed by atoms with E-state index in [0.717, 1.165) is 17.7 Å². The van der Waals surface area contributed by atoms with E-state index in [1.54, 1.807) is 0 Å². The summed E-state index contributed by atoms with van der Waals surface area (Å²) < 4.78 is 5.66. The average Bonchev–Trinajstić information content (AvgIpc) is 2.92. The molecule has 0 saturated carbocycles. The van der Waals surface area contributed by atoms with Crippen molar-refractivity contribution in [2.24, 2.45) is 0 Å². The summed E-state index contributed by atoms with van der Waals surface area (Å²) in [6.07, 6.45) is 1.11. The van der Waals surface area contributed by atoms with Crippen LogP contribution in [0.25, 0.3) is 0 Å². The molecule has 0 aliphatic carbocycles. The first kappa shape index (κ1) is 12.7. The Morgan fingerprint density at radius 3 is 2.65 bits per heavy atom. The third-order valence-corrected chi connectivity index (χ3v) is 3.50. The molecule has 1 aliphatic rings. The average molecular weight is 267 g/mol. The number of ether oxygens (including phenoxy) is 1. The molecule has 0 radical (unpaired) electrons. The Morgan fingerprint density at radius 2 is 1.85 bits per heavy atom. The summed E-state index contributed by atoms with van der Waals surface area (Å²) >= 11 is 0. The Labute approximate surface area is 118 Å². The lowest BCUT2D eigenvalue weighted by Gasteiger charge is -2.11. The van der Waals surface area contributed by atoms with Crippen molar-refractivity contribution in [3.05, 3.63) is 65.7 Å². The number of amides is 1. The third kappa shape index (κ3) is 2.82. The van der Waals surface area contributed by atoms with Crippen molar-refractivity contribution in [2.75, 3.05) is 6.54 Å². The number of nitrogens with one attached hydrogen (secondary N) is 1. The molecule has 1 atom stereocenters. The van der Waals surface area contributed by atoms with Gasteiger partial charge in [-0.3, -0.25) is 4.79 Å². The van der Waals surface area contributed by atoms with E-state index in [4.69, 9.17) is 4.74 Å². The molecule has 1 aliphatic heterocycles. The van der Waals surface area contributed by atoms with Crippen LogP contribution < -0.4 is 10.1 Å². The highest BCUT2D eigenvalue weighted by Gasteiger charge is 2.28. The van der Waals surface area contributed by atoms with Gasteiger partial charge in [-0.2, -0.15) is 0 Å². The fraction of sp³-hybridized carbons (Fsp3) is 0.235. The summed E-state index contributed by atoms with van der Waals surface area (Å²) in [4.78, 5) is 12.1. The maximum atomic E-state index is 12.1. The van der Waals surface area contributed by atoms with Gasteiger partial charge in [0, 0.05) is 13.0 Å². The maximum Gasteiger partial charge on any atom is 0.261 e. The molecule has 3 rings (SSSR count). The number of fused-ring (bicyclic) bond motifs is 1. The lowest BCUT2D eigenvalue weighted by Crippen LogP contribution is -2.38. The van der Waals surface area contributed by atoms with E-state index in [2.05, 4.69) is 17.4 Å². The fourth-order valence-electron chi connectivity index (χ4n) is 2.42. The summed E-state index contributed by atoms with van der Waals surface area (Å²) in [7, 11) is 0. The molecule has 2 aromatic rings. The number of carbonyl (C=O) groups is 1. The number of carbonyl (C=O) groups excluding carboxylic acids is 1. The van der Waals surface area contributed by atoms with Crippen molar-refractivity contribution in [2.45, 2.75) is 18.9 Å². The number of hydrogen-bond acceptors (Lipinski definition) is 2. The highest BCUT2D eigenvalue weighted by atomic mass is 16.5. The van der Waals surface area contributed by atoms with E-state index >= 15 is 0 Å². The van der Waals surface area contributed by atoms with Gasteiger partial charge in [0.15, 0.2) is 6.10 Å². The molecule has 1 N–H and O–H groups in total. The second-order valence-corrected chi connectivity index (χ2v) is 4.94. The minimum Gasteiger partial charge on any atom is -0.480 e. The van der Waals surface area contributed by atoms with Crippen LogP contribution in [0.5, 0.6) is 5.75 Å². The van der Waals surface area contributed by atoms with Crippen LogP contribution in [-0.2, 0) is 17.6 Å². The third-order valence-electron chi connectivity index (χ3n) is 3.50. The fourth-order valence-corrected chi connectivity index (χ4v) is 2.42. The maximum absolute atomic E-state index is 12.1. The van der Waals surface area contributed by atoms with Crippen molar-refractivity contribution in [3.8, 4) is 5.75 Å². The summed E-state index contributed by atoms with van der Waals surface area (Å²) in [5, 5.41) is 2.94. The van der Waals surface area contributed by atoms with Crippen molar-refractivity contribution < 1.29 is 9.53 Å². The Balaban J connectivity index is 1.49. The predicted octanol–water partition coefficient (Wildman–Crippen LogP) is 2.35. The molecule has 2 aromatic carbocycles. The molecule has 0 unspecified atom stereocenters. The van der Waals surface area contributed by atoms with Gasteiger partial charge in [-0.05, 0) is 23.6 Å². The lowest BCUT2D eigenvalue weighted by atomic mass is 10.1. The molecule has 1 amide bonds. The molecular weight excluding hydrogens is 250 g/mol. The first-order valence-corrected chi connectivity index (χ1v) is 6.89. The SMILES string of the molecule is O=C(NCCc1ccccc1)[C@@H]1Cc2ccccc2O1. The second-order valence-electron chi connectivity index (χ2n) is 4.94. The zero-order valence-electron chi connectivity index (χ0n) is 11.2. The van der Waals surface area contributed by atoms with Gasteiger partial charge in [-0.1, -0.05) is 48.5 Å². The first-order valence-electron chi connectivity index (χ1n) is 6.89. The Hall–Kier alpha value is -2.29. The molecule has 3 nitrogen and oxygen atoms in total. The zero-order chi connectivity index (χ0) is 13.8. The Morgan fingerprint density at radius 1 is 1.10 bits per heavy atom.